The Kier molecular flexibility index (Phi) is 3.46. The lowest BCUT2D eigenvalue weighted by atomic mass is 10.2. The van der Waals surface area contributed by atoms with Gasteiger partial charge in [-0.25, -0.2) is 9.18 Å². The van der Waals surface area contributed by atoms with Gasteiger partial charge >= 0.3 is 5.97 Å². The fourth-order valence-corrected chi connectivity index (χ4v) is 1.51. The van der Waals surface area contributed by atoms with Gasteiger partial charge in [0.2, 0.25) is 0 Å². The Labute approximate surface area is 108 Å². The number of hydrogen-bond donors (Lipinski definition) is 1. The molecule has 1 aromatic carbocycles. The fraction of sp³-hybridized carbons (Fsp3) is 0.250. The van der Waals surface area contributed by atoms with Crippen LogP contribution < -0.4 is 4.74 Å². The number of halogens is 1. The van der Waals surface area contributed by atoms with E-state index >= 15 is 0 Å². The number of hydrogen-bond acceptors (Lipinski definition) is 4. The molecule has 2 aromatic rings. The van der Waals surface area contributed by atoms with Gasteiger partial charge in [0, 0.05) is 13.1 Å². The first kappa shape index (κ1) is 13.0. The predicted molar refractivity (Wildman–Crippen MR) is 63.4 cm³/mol. The van der Waals surface area contributed by atoms with E-state index in [1.807, 2.05) is 0 Å². The van der Waals surface area contributed by atoms with Crippen molar-refractivity contribution in [2.45, 2.75) is 13.5 Å². The third kappa shape index (κ3) is 2.70. The summed E-state index contributed by atoms with van der Waals surface area (Å²) in [5.41, 5.74) is -0.0970. The molecule has 7 heteroatoms. The highest BCUT2D eigenvalue weighted by molar-refractivity contribution is 5.90. The third-order valence-electron chi connectivity index (χ3n) is 2.71. The van der Waals surface area contributed by atoms with E-state index in [1.54, 1.807) is 18.5 Å². The number of aromatic carboxylic acids is 1. The Morgan fingerprint density at radius 1 is 1.47 bits per heavy atom. The second-order valence-corrected chi connectivity index (χ2v) is 3.96. The van der Waals surface area contributed by atoms with Gasteiger partial charge in [-0.2, -0.15) is 0 Å². The molecule has 2 rings (SSSR count). The summed E-state index contributed by atoms with van der Waals surface area (Å²) in [4.78, 5) is 11.0. The van der Waals surface area contributed by atoms with Gasteiger partial charge in [0.25, 0.3) is 0 Å². The SMILES string of the molecule is Cc1nnc(COc2cc(F)ccc2C(=O)O)n1C. The Morgan fingerprint density at radius 3 is 2.79 bits per heavy atom. The number of benzene rings is 1. The molecule has 0 fully saturated rings. The second-order valence-electron chi connectivity index (χ2n) is 3.96. The molecule has 0 spiro atoms. The first-order chi connectivity index (χ1) is 8.99. The molecule has 6 nitrogen and oxygen atoms in total. The summed E-state index contributed by atoms with van der Waals surface area (Å²) in [5.74, 6) is -0.541. The van der Waals surface area contributed by atoms with Crippen LogP contribution in [0.1, 0.15) is 22.0 Å². The number of carboxylic acid groups (broad SMARTS) is 1. The normalized spacial score (nSPS) is 10.5. The van der Waals surface area contributed by atoms with E-state index in [-0.39, 0.29) is 17.9 Å². The fourth-order valence-electron chi connectivity index (χ4n) is 1.51. The zero-order valence-corrected chi connectivity index (χ0v) is 10.4. The van der Waals surface area contributed by atoms with Crippen molar-refractivity contribution >= 4 is 5.97 Å². The average molecular weight is 265 g/mol. The van der Waals surface area contributed by atoms with Crippen LogP contribution in [0, 0.1) is 12.7 Å². The first-order valence-electron chi connectivity index (χ1n) is 5.49. The maximum atomic E-state index is 13.1. The van der Waals surface area contributed by atoms with E-state index in [2.05, 4.69) is 10.2 Å². The molecular weight excluding hydrogens is 253 g/mol. The summed E-state index contributed by atoms with van der Waals surface area (Å²) in [6.07, 6.45) is 0. The first-order valence-corrected chi connectivity index (χ1v) is 5.49. The highest BCUT2D eigenvalue weighted by Crippen LogP contribution is 2.21. The van der Waals surface area contributed by atoms with Gasteiger partial charge in [-0.05, 0) is 19.1 Å². The highest BCUT2D eigenvalue weighted by atomic mass is 19.1. The van der Waals surface area contributed by atoms with Crippen LogP contribution in [0.2, 0.25) is 0 Å². The molecule has 0 aliphatic carbocycles. The van der Waals surface area contributed by atoms with Crippen LogP contribution in [-0.2, 0) is 13.7 Å². The molecule has 19 heavy (non-hydrogen) atoms. The van der Waals surface area contributed by atoms with Crippen LogP contribution >= 0.6 is 0 Å². The predicted octanol–water partition coefficient (Wildman–Crippen LogP) is 1.54. The van der Waals surface area contributed by atoms with Crippen molar-refractivity contribution in [3.8, 4) is 5.75 Å². The van der Waals surface area contributed by atoms with E-state index in [1.165, 1.54) is 0 Å². The summed E-state index contributed by atoms with van der Waals surface area (Å²) in [5, 5.41) is 16.7. The zero-order chi connectivity index (χ0) is 14.0. The summed E-state index contributed by atoms with van der Waals surface area (Å²) in [6.45, 7) is 1.79. The molecule has 1 heterocycles. The topological polar surface area (TPSA) is 77.2 Å². The minimum Gasteiger partial charge on any atom is -0.485 e. The third-order valence-corrected chi connectivity index (χ3v) is 2.71. The number of nitrogens with zero attached hydrogens (tertiary/aromatic N) is 3. The molecule has 0 bridgehead atoms. The average Bonchev–Trinajstić information content (AvgIpc) is 2.67. The molecule has 100 valence electrons. The lowest BCUT2D eigenvalue weighted by Crippen LogP contribution is -2.07. The Morgan fingerprint density at radius 2 is 2.21 bits per heavy atom. The Hall–Kier alpha value is -2.44. The second kappa shape index (κ2) is 5.05. The number of carboxylic acids is 1. The maximum absolute atomic E-state index is 13.1. The summed E-state index contributed by atoms with van der Waals surface area (Å²) < 4.78 is 20.1. The molecule has 0 atom stereocenters. The molecule has 1 N–H and O–H groups in total. The molecule has 0 aliphatic rings. The van der Waals surface area contributed by atoms with Crippen LogP contribution in [0.25, 0.3) is 0 Å². The molecule has 0 radical (unpaired) electrons. The van der Waals surface area contributed by atoms with Crippen molar-refractivity contribution in [3.05, 3.63) is 41.2 Å². The van der Waals surface area contributed by atoms with Crippen molar-refractivity contribution < 1.29 is 19.0 Å². The molecule has 0 unspecified atom stereocenters. The molecular formula is C12H12FN3O3. The number of aryl methyl sites for hydroxylation is 1. The van der Waals surface area contributed by atoms with E-state index in [9.17, 15) is 9.18 Å². The van der Waals surface area contributed by atoms with Gasteiger partial charge in [-0.3, -0.25) is 0 Å². The van der Waals surface area contributed by atoms with Gasteiger partial charge < -0.3 is 14.4 Å². The van der Waals surface area contributed by atoms with Crippen LogP contribution in [-0.4, -0.2) is 25.8 Å². The van der Waals surface area contributed by atoms with Gasteiger partial charge in [0.1, 0.15) is 29.6 Å². The van der Waals surface area contributed by atoms with Crippen LogP contribution in [0.3, 0.4) is 0 Å². The van der Waals surface area contributed by atoms with Crippen LogP contribution in [0.5, 0.6) is 5.75 Å². The number of aromatic nitrogens is 3. The van der Waals surface area contributed by atoms with Crippen molar-refractivity contribution in [1.82, 2.24) is 14.8 Å². The quantitative estimate of drug-likeness (QED) is 0.907. The van der Waals surface area contributed by atoms with Crippen LogP contribution in [0.15, 0.2) is 18.2 Å². The van der Waals surface area contributed by atoms with E-state index in [0.29, 0.717) is 11.6 Å². The van der Waals surface area contributed by atoms with Gasteiger partial charge in [0.15, 0.2) is 5.82 Å². The standard InChI is InChI=1S/C12H12FN3O3/c1-7-14-15-11(16(7)2)6-19-10-5-8(13)3-4-9(10)12(17)18/h3-5H,6H2,1-2H3,(H,17,18). The minimum absolute atomic E-state index is 0.0150. The highest BCUT2D eigenvalue weighted by Gasteiger charge is 2.14. The minimum atomic E-state index is -1.18. The van der Waals surface area contributed by atoms with Crippen molar-refractivity contribution in [3.63, 3.8) is 0 Å². The monoisotopic (exact) mass is 265 g/mol. The largest absolute Gasteiger partial charge is 0.485 e. The van der Waals surface area contributed by atoms with Gasteiger partial charge in [0.05, 0.1) is 0 Å². The lowest BCUT2D eigenvalue weighted by molar-refractivity contribution is 0.0691. The maximum Gasteiger partial charge on any atom is 0.339 e. The van der Waals surface area contributed by atoms with E-state index < -0.39 is 11.8 Å². The van der Waals surface area contributed by atoms with Crippen LogP contribution in [0.4, 0.5) is 4.39 Å². The molecule has 0 amide bonds. The molecule has 0 saturated heterocycles. The summed E-state index contributed by atoms with van der Waals surface area (Å²) in [6, 6.07) is 3.27. The van der Waals surface area contributed by atoms with Crippen molar-refractivity contribution in [1.29, 1.82) is 0 Å². The smallest absolute Gasteiger partial charge is 0.339 e. The summed E-state index contributed by atoms with van der Waals surface area (Å²) in [7, 11) is 1.76. The number of carbonyl (C=O) groups is 1. The molecule has 0 aliphatic heterocycles. The Bertz CT molecular complexity index is 625. The lowest BCUT2D eigenvalue weighted by Gasteiger charge is -2.08. The summed E-state index contributed by atoms with van der Waals surface area (Å²) >= 11 is 0. The van der Waals surface area contributed by atoms with E-state index in [4.69, 9.17) is 9.84 Å². The zero-order valence-electron chi connectivity index (χ0n) is 10.4. The van der Waals surface area contributed by atoms with Gasteiger partial charge in [-0.15, -0.1) is 10.2 Å². The van der Waals surface area contributed by atoms with Crippen molar-refractivity contribution in [2.75, 3.05) is 0 Å². The van der Waals surface area contributed by atoms with Gasteiger partial charge in [-0.1, -0.05) is 0 Å². The van der Waals surface area contributed by atoms with Crippen molar-refractivity contribution in [2.24, 2.45) is 7.05 Å². The molecule has 1 aromatic heterocycles. The number of rotatable bonds is 4. The molecule has 0 saturated carbocycles. The van der Waals surface area contributed by atoms with E-state index in [0.717, 1.165) is 18.2 Å². The Balaban J connectivity index is 2.21. The number of ether oxygens (including phenoxy) is 1.